The van der Waals surface area contributed by atoms with E-state index in [0.29, 0.717) is 18.5 Å². The molecular formula is C17H22F3NO2. The van der Waals surface area contributed by atoms with Crippen LogP contribution in [0.4, 0.5) is 13.2 Å². The van der Waals surface area contributed by atoms with Gasteiger partial charge in [-0.25, -0.2) is 0 Å². The molecule has 1 atom stereocenters. The van der Waals surface area contributed by atoms with Crippen LogP contribution in [0.1, 0.15) is 36.8 Å². The summed E-state index contributed by atoms with van der Waals surface area (Å²) in [6.45, 7) is 2.30. The van der Waals surface area contributed by atoms with Crippen LogP contribution >= 0.6 is 0 Å². The Labute approximate surface area is 134 Å². The second kappa shape index (κ2) is 7.81. The molecule has 1 fully saturated rings. The summed E-state index contributed by atoms with van der Waals surface area (Å²) < 4.78 is 37.9. The van der Waals surface area contributed by atoms with E-state index < -0.39 is 17.7 Å². The number of unbranched alkanes of at least 4 members (excludes halogenated alkanes) is 1. The highest BCUT2D eigenvalue weighted by molar-refractivity contribution is 5.70. The Balaban J connectivity index is 1.74. The Bertz CT molecular complexity index is 531. The Morgan fingerprint density at radius 1 is 1.30 bits per heavy atom. The Kier molecular flexibility index (Phi) is 6.04. The molecule has 6 heteroatoms. The predicted molar refractivity (Wildman–Crippen MR) is 81.2 cm³/mol. The molecule has 0 aliphatic carbocycles. The summed E-state index contributed by atoms with van der Waals surface area (Å²) in [5, 5.41) is 9.05. The largest absolute Gasteiger partial charge is 0.481 e. The second-order valence-corrected chi connectivity index (χ2v) is 6.13. The average molecular weight is 329 g/mol. The van der Waals surface area contributed by atoms with Gasteiger partial charge in [-0.2, -0.15) is 13.2 Å². The van der Waals surface area contributed by atoms with Crippen molar-refractivity contribution >= 4 is 5.97 Å². The van der Waals surface area contributed by atoms with E-state index in [2.05, 4.69) is 4.90 Å². The van der Waals surface area contributed by atoms with Crippen LogP contribution in [0.2, 0.25) is 0 Å². The van der Waals surface area contributed by atoms with Gasteiger partial charge in [-0.05, 0) is 56.8 Å². The molecular weight excluding hydrogens is 307 g/mol. The van der Waals surface area contributed by atoms with Gasteiger partial charge < -0.3 is 10.0 Å². The van der Waals surface area contributed by atoms with Crippen molar-refractivity contribution in [2.24, 2.45) is 5.92 Å². The molecule has 1 heterocycles. The topological polar surface area (TPSA) is 40.5 Å². The normalized spacial score (nSPS) is 19.7. The fourth-order valence-electron chi connectivity index (χ4n) is 3.03. The number of carboxylic acids is 1. The first kappa shape index (κ1) is 17.8. The first-order valence-electron chi connectivity index (χ1n) is 7.97. The third-order valence-electron chi connectivity index (χ3n) is 4.30. The lowest BCUT2D eigenvalue weighted by molar-refractivity contribution is -0.143. The molecule has 1 aliphatic rings. The van der Waals surface area contributed by atoms with Crippen LogP contribution in [-0.4, -0.2) is 35.6 Å². The van der Waals surface area contributed by atoms with E-state index in [4.69, 9.17) is 5.11 Å². The van der Waals surface area contributed by atoms with Gasteiger partial charge in [0.1, 0.15) is 0 Å². The van der Waals surface area contributed by atoms with Crippen molar-refractivity contribution in [1.82, 2.24) is 4.90 Å². The Morgan fingerprint density at radius 3 is 2.78 bits per heavy atom. The average Bonchev–Trinajstić information content (AvgIpc) is 2.51. The van der Waals surface area contributed by atoms with Crippen molar-refractivity contribution in [3.8, 4) is 0 Å². The van der Waals surface area contributed by atoms with Gasteiger partial charge >= 0.3 is 12.1 Å². The quantitative estimate of drug-likeness (QED) is 0.807. The number of carboxylic acid groups (broad SMARTS) is 1. The molecule has 1 saturated heterocycles. The molecule has 0 radical (unpaired) electrons. The van der Waals surface area contributed by atoms with Gasteiger partial charge in [0.15, 0.2) is 0 Å². The summed E-state index contributed by atoms with van der Waals surface area (Å²) in [4.78, 5) is 13.2. The summed E-state index contributed by atoms with van der Waals surface area (Å²) in [5.74, 6) is -1.02. The number of nitrogens with zero attached hydrogens (tertiary/aromatic N) is 1. The van der Waals surface area contributed by atoms with Crippen LogP contribution in [0, 0.1) is 5.92 Å². The van der Waals surface area contributed by atoms with Crippen LogP contribution in [0.3, 0.4) is 0 Å². The van der Waals surface area contributed by atoms with Crippen molar-refractivity contribution < 1.29 is 23.1 Å². The van der Waals surface area contributed by atoms with Gasteiger partial charge in [0.05, 0.1) is 11.5 Å². The van der Waals surface area contributed by atoms with Gasteiger partial charge in [0.25, 0.3) is 0 Å². The molecule has 23 heavy (non-hydrogen) atoms. The van der Waals surface area contributed by atoms with Crippen LogP contribution < -0.4 is 0 Å². The molecule has 1 aromatic carbocycles. The number of aliphatic carboxylic acids is 1. The molecule has 128 valence electrons. The summed E-state index contributed by atoms with van der Waals surface area (Å²) in [7, 11) is 0. The monoisotopic (exact) mass is 329 g/mol. The van der Waals surface area contributed by atoms with E-state index in [0.717, 1.165) is 44.8 Å². The van der Waals surface area contributed by atoms with E-state index in [1.54, 1.807) is 6.07 Å². The minimum atomic E-state index is -4.30. The number of aryl methyl sites for hydroxylation is 1. The molecule has 1 aliphatic heterocycles. The lowest BCUT2D eigenvalue weighted by atomic mass is 9.98. The third kappa shape index (κ3) is 5.53. The summed E-state index contributed by atoms with van der Waals surface area (Å²) in [6, 6.07) is 5.46. The van der Waals surface area contributed by atoms with Gasteiger partial charge in [-0.1, -0.05) is 18.2 Å². The van der Waals surface area contributed by atoms with Crippen molar-refractivity contribution in [1.29, 1.82) is 0 Å². The summed E-state index contributed by atoms with van der Waals surface area (Å²) in [6.07, 6.45) is -0.394. The SMILES string of the molecule is O=C(O)C1CCCN(CCCCc2cccc(C(F)(F)F)c2)C1. The van der Waals surface area contributed by atoms with E-state index in [-0.39, 0.29) is 5.92 Å². The number of likely N-dealkylation sites (tertiary alicyclic amines) is 1. The fraction of sp³-hybridized carbons (Fsp3) is 0.588. The number of alkyl halides is 3. The molecule has 1 N–H and O–H groups in total. The van der Waals surface area contributed by atoms with Crippen LogP contribution in [0.5, 0.6) is 0 Å². The maximum absolute atomic E-state index is 12.6. The second-order valence-electron chi connectivity index (χ2n) is 6.13. The van der Waals surface area contributed by atoms with Crippen molar-refractivity contribution in [2.45, 2.75) is 38.3 Å². The lowest BCUT2D eigenvalue weighted by Gasteiger charge is -2.30. The summed E-state index contributed by atoms with van der Waals surface area (Å²) >= 11 is 0. The first-order chi connectivity index (χ1) is 10.9. The molecule has 0 amide bonds. The van der Waals surface area contributed by atoms with Gasteiger partial charge in [-0.3, -0.25) is 4.79 Å². The zero-order chi connectivity index (χ0) is 16.9. The van der Waals surface area contributed by atoms with Crippen molar-refractivity contribution in [3.05, 3.63) is 35.4 Å². The summed E-state index contributed by atoms with van der Waals surface area (Å²) in [5.41, 5.74) is 0.0946. The number of hydrogen-bond donors (Lipinski definition) is 1. The van der Waals surface area contributed by atoms with Crippen LogP contribution in [-0.2, 0) is 17.4 Å². The zero-order valence-electron chi connectivity index (χ0n) is 13.0. The number of rotatable bonds is 6. The van der Waals surface area contributed by atoms with Gasteiger partial charge in [0, 0.05) is 6.54 Å². The molecule has 0 aromatic heterocycles. The first-order valence-corrected chi connectivity index (χ1v) is 7.97. The zero-order valence-corrected chi connectivity index (χ0v) is 13.0. The maximum Gasteiger partial charge on any atom is 0.416 e. The van der Waals surface area contributed by atoms with Crippen molar-refractivity contribution in [3.63, 3.8) is 0 Å². The molecule has 0 saturated carbocycles. The number of carbonyl (C=O) groups is 1. The van der Waals surface area contributed by atoms with Crippen molar-refractivity contribution in [2.75, 3.05) is 19.6 Å². The van der Waals surface area contributed by atoms with E-state index in [1.807, 2.05) is 0 Å². The third-order valence-corrected chi connectivity index (χ3v) is 4.30. The smallest absolute Gasteiger partial charge is 0.416 e. The molecule has 2 rings (SSSR count). The van der Waals surface area contributed by atoms with E-state index in [1.165, 1.54) is 12.1 Å². The molecule has 3 nitrogen and oxygen atoms in total. The minimum absolute atomic E-state index is 0.285. The molecule has 1 unspecified atom stereocenters. The highest BCUT2D eigenvalue weighted by Gasteiger charge is 2.30. The van der Waals surface area contributed by atoms with Gasteiger partial charge in [0.2, 0.25) is 0 Å². The molecule has 0 bridgehead atoms. The highest BCUT2D eigenvalue weighted by Crippen LogP contribution is 2.29. The van der Waals surface area contributed by atoms with Crippen LogP contribution in [0.15, 0.2) is 24.3 Å². The van der Waals surface area contributed by atoms with Crippen LogP contribution in [0.25, 0.3) is 0 Å². The number of halogens is 3. The minimum Gasteiger partial charge on any atom is -0.481 e. The Hall–Kier alpha value is -1.56. The Morgan fingerprint density at radius 2 is 2.09 bits per heavy atom. The molecule has 1 aromatic rings. The predicted octanol–water partition coefficient (Wildman–Crippen LogP) is 3.82. The lowest BCUT2D eigenvalue weighted by Crippen LogP contribution is -2.39. The maximum atomic E-state index is 12.6. The number of hydrogen-bond acceptors (Lipinski definition) is 2. The number of benzene rings is 1. The van der Waals surface area contributed by atoms with Gasteiger partial charge in [-0.15, -0.1) is 0 Å². The standard InChI is InChI=1S/C17H22F3NO2/c18-17(19,20)15-8-3-6-13(11-15)5-1-2-9-21-10-4-7-14(12-21)16(22)23/h3,6,8,11,14H,1-2,4-5,7,9-10,12H2,(H,22,23). The molecule has 0 spiro atoms. The number of piperidine rings is 1. The highest BCUT2D eigenvalue weighted by atomic mass is 19.4. The fourth-order valence-corrected chi connectivity index (χ4v) is 3.03. The van der Waals surface area contributed by atoms with E-state index >= 15 is 0 Å². The van der Waals surface area contributed by atoms with E-state index in [9.17, 15) is 18.0 Å².